The molecule has 1 heterocycles. The van der Waals surface area contributed by atoms with Gasteiger partial charge in [0.15, 0.2) is 5.96 Å². The highest BCUT2D eigenvalue weighted by Gasteiger charge is 2.56. The van der Waals surface area contributed by atoms with Crippen LogP contribution in [0.4, 0.5) is 10.1 Å². The van der Waals surface area contributed by atoms with Crippen molar-refractivity contribution in [2.45, 2.75) is 72.8 Å². The van der Waals surface area contributed by atoms with Crippen molar-refractivity contribution in [3.05, 3.63) is 65.0 Å². The van der Waals surface area contributed by atoms with Crippen molar-refractivity contribution in [3.8, 4) is 0 Å². The number of halogens is 1. The van der Waals surface area contributed by atoms with Crippen LogP contribution in [0.15, 0.2) is 47.5 Å². The molecule has 0 radical (unpaired) electrons. The summed E-state index contributed by atoms with van der Waals surface area (Å²) in [6, 6.07) is 13.2. The van der Waals surface area contributed by atoms with Crippen molar-refractivity contribution in [3.63, 3.8) is 0 Å². The van der Waals surface area contributed by atoms with Crippen LogP contribution < -0.4 is 10.6 Å². The molecule has 6 rings (SSSR count). The molecule has 0 unspecified atom stereocenters. The highest BCUT2D eigenvalue weighted by molar-refractivity contribution is 5.96. The van der Waals surface area contributed by atoms with Gasteiger partial charge in [-0.05, 0) is 110 Å². The first-order chi connectivity index (χ1) is 18.6. The number of nitrogens with one attached hydrogen (secondary N) is 2. The van der Waals surface area contributed by atoms with Gasteiger partial charge in [0.1, 0.15) is 5.82 Å². The molecule has 5 atom stereocenters. The zero-order chi connectivity index (χ0) is 27.7. The van der Waals surface area contributed by atoms with E-state index in [1.54, 1.807) is 6.07 Å². The standard InChI is InChI=1S/C33H45FN4O/c1-21-8-9-24(29(34)17-21)14-15-35-31(39)25-10-12-27(13-11-25)36-32(38-16-6-7-22(2)20-38)37-30-19-26-18-28(23(30)3)33(26,4)5/h8-13,17,22-23,26,28,30H,6-7,14-16,18-20H2,1-5H3,(H,35,39)(H,36,37)/t22-,23+,26-,28+,30+/m1/s1. The third-order valence-corrected chi connectivity index (χ3v) is 9.85. The highest BCUT2D eigenvalue weighted by Crippen LogP contribution is 2.61. The van der Waals surface area contributed by atoms with Gasteiger partial charge in [0.05, 0.1) is 6.04 Å². The number of amides is 1. The lowest BCUT2D eigenvalue weighted by Crippen LogP contribution is -2.56. The molecule has 1 aliphatic heterocycles. The number of guanidine groups is 1. The number of carbonyl (C=O) groups is 1. The molecule has 6 heteroatoms. The number of piperidine rings is 1. The number of carbonyl (C=O) groups excluding carboxylic acids is 1. The van der Waals surface area contributed by atoms with E-state index in [1.807, 2.05) is 37.3 Å². The maximum absolute atomic E-state index is 14.1. The first kappa shape index (κ1) is 27.7. The summed E-state index contributed by atoms with van der Waals surface area (Å²) in [7, 11) is 0. The van der Waals surface area contributed by atoms with Gasteiger partial charge in [0.25, 0.3) is 5.91 Å². The Morgan fingerprint density at radius 2 is 1.90 bits per heavy atom. The molecule has 4 fully saturated rings. The minimum absolute atomic E-state index is 0.148. The fourth-order valence-electron chi connectivity index (χ4n) is 7.13. The van der Waals surface area contributed by atoms with Crippen LogP contribution in [-0.2, 0) is 6.42 Å². The van der Waals surface area contributed by atoms with Gasteiger partial charge in [-0.3, -0.25) is 4.79 Å². The van der Waals surface area contributed by atoms with E-state index in [0.29, 0.717) is 47.4 Å². The number of anilines is 1. The molecular formula is C33H45FN4O. The second-order valence-corrected chi connectivity index (χ2v) is 13.0. The van der Waals surface area contributed by atoms with Crippen LogP contribution in [-0.4, -0.2) is 42.4 Å². The Kier molecular flexibility index (Phi) is 8.02. The Morgan fingerprint density at radius 3 is 2.56 bits per heavy atom. The second kappa shape index (κ2) is 11.3. The lowest BCUT2D eigenvalue weighted by Gasteiger charge is -2.61. The number of hydrogen-bond acceptors (Lipinski definition) is 2. The Morgan fingerprint density at radius 1 is 1.13 bits per heavy atom. The van der Waals surface area contributed by atoms with Gasteiger partial charge < -0.3 is 15.5 Å². The van der Waals surface area contributed by atoms with Gasteiger partial charge in [0.2, 0.25) is 0 Å². The Bertz CT molecular complexity index is 1210. The SMILES string of the molecule is Cc1ccc(CCNC(=O)c2ccc(NC(=N[C@H]3C[C@H]4C[C@@H]([C@@H]3C)C4(C)C)N3CCC[C@@H](C)C3)cc2)c(F)c1. The zero-order valence-corrected chi connectivity index (χ0v) is 24.3. The zero-order valence-electron chi connectivity index (χ0n) is 24.3. The molecule has 0 aromatic heterocycles. The fraction of sp³-hybridized carbons (Fsp3) is 0.576. The van der Waals surface area contributed by atoms with E-state index in [1.165, 1.54) is 31.7 Å². The minimum atomic E-state index is -0.219. The highest BCUT2D eigenvalue weighted by atomic mass is 19.1. The van der Waals surface area contributed by atoms with Gasteiger partial charge in [0, 0.05) is 30.9 Å². The summed E-state index contributed by atoms with van der Waals surface area (Å²) in [5, 5.41) is 6.55. The molecule has 210 valence electrons. The third-order valence-electron chi connectivity index (χ3n) is 9.85. The maximum atomic E-state index is 14.1. The van der Waals surface area contributed by atoms with Gasteiger partial charge in [-0.2, -0.15) is 0 Å². The first-order valence-corrected chi connectivity index (χ1v) is 14.8. The van der Waals surface area contributed by atoms with Gasteiger partial charge >= 0.3 is 0 Å². The number of fused-ring (bicyclic) bond motifs is 2. The van der Waals surface area contributed by atoms with Crippen molar-refractivity contribution in [1.82, 2.24) is 10.2 Å². The molecule has 2 bridgehead atoms. The van der Waals surface area contributed by atoms with Crippen molar-refractivity contribution in [2.75, 3.05) is 25.0 Å². The Balaban J connectivity index is 1.24. The van der Waals surface area contributed by atoms with Gasteiger partial charge in [-0.15, -0.1) is 0 Å². The predicted octanol–water partition coefficient (Wildman–Crippen LogP) is 6.68. The van der Waals surface area contributed by atoms with E-state index in [-0.39, 0.29) is 11.7 Å². The van der Waals surface area contributed by atoms with Crippen LogP contribution >= 0.6 is 0 Å². The first-order valence-electron chi connectivity index (χ1n) is 14.8. The van der Waals surface area contributed by atoms with Crippen molar-refractivity contribution < 1.29 is 9.18 Å². The number of hydrogen-bond donors (Lipinski definition) is 2. The lowest BCUT2D eigenvalue weighted by molar-refractivity contribution is -0.108. The van der Waals surface area contributed by atoms with E-state index >= 15 is 0 Å². The summed E-state index contributed by atoms with van der Waals surface area (Å²) < 4.78 is 14.1. The molecule has 5 nitrogen and oxygen atoms in total. The largest absolute Gasteiger partial charge is 0.352 e. The lowest BCUT2D eigenvalue weighted by atomic mass is 9.45. The maximum Gasteiger partial charge on any atom is 0.251 e. The number of likely N-dealkylation sites (tertiary alicyclic amines) is 1. The molecular weight excluding hydrogens is 487 g/mol. The van der Waals surface area contributed by atoms with Crippen LogP contribution in [0, 0.1) is 41.8 Å². The third kappa shape index (κ3) is 6.00. The summed E-state index contributed by atoms with van der Waals surface area (Å²) in [4.78, 5) is 20.5. The van der Waals surface area contributed by atoms with Crippen LogP contribution in [0.2, 0.25) is 0 Å². The number of benzene rings is 2. The smallest absolute Gasteiger partial charge is 0.251 e. The van der Waals surface area contributed by atoms with Crippen LogP contribution in [0.5, 0.6) is 0 Å². The molecule has 1 saturated heterocycles. The van der Waals surface area contributed by atoms with E-state index < -0.39 is 0 Å². The molecule has 2 aromatic rings. The van der Waals surface area contributed by atoms with Crippen molar-refractivity contribution >= 4 is 17.6 Å². The van der Waals surface area contributed by atoms with E-state index in [4.69, 9.17) is 4.99 Å². The van der Waals surface area contributed by atoms with E-state index in [2.05, 4.69) is 43.2 Å². The average Bonchev–Trinajstić information content (AvgIpc) is 2.90. The molecule has 0 spiro atoms. The second-order valence-electron chi connectivity index (χ2n) is 13.0. The minimum Gasteiger partial charge on any atom is -0.352 e. The average molecular weight is 533 g/mol. The van der Waals surface area contributed by atoms with Gasteiger partial charge in [-0.25, -0.2) is 9.38 Å². The summed E-state index contributed by atoms with van der Waals surface area (Å²) >= 11 is 0. The normalized spacial score (nSPS) is 28.0. The van der Waals surface area contributed by atoms with Crippen LogP contribution in [0.1, 0.15) is 74.9 Å². The summed E-state index contributed by atoms with van der Waals surface area (Å²) in [6.45, 7) is 13.9. The quantitative estimate of drug-likeness (QED) is 0.322. The molecule has 3 aliphatic carbocycles. The summed E-state index contributed by atoms with van der Waals surface area (Å²) in [5.41, 5.74) is 3.50. The number of aliphatic imine (C=N–C) groups is 1. The summed E-state index contributed by atoms with van der Waals surface area (Å²) in [5.74, 6) is 3.38. The number of aryl methyl sites for hydroxylation is 1. The molecule has 39 heavy (non-hydrogen) atoms. The number of rotatable bonds is 6. The summed E-state index contributed by atoms with van der Waals surface area (Å²) in [6.07, 6.45) is 5.44. The Labute approximate surface area is 233 Å². The topological polar surface area (TPSA) is 56.7 Å². The van der Waals surface area contributed by atoms with Crippen LogP contribution in [0.3, 0.4) is 0 Å². The molecule has 1 amide bonds. The van der Waals surface area contributed by atoms with Crippen molar-refractivity contribution in [1.29, 1.82) is 0 Å². The number of nitrogens with zero attached hydrogens (tertiary/aromatic N) is 2. The fourth-order valence-corrected chi connectivity index (χ4v) is 7.13. The molecule has 4 aliphatic rings. The monoisotopic (exact) mass is 532 g/mol. The van der Waals surface area contributed by atoms with E-state index in [0.717, 1.165) is 42.1 Å². The molecule has 3 saturated carbocycles. The van der Waals surface area contributed by atoms with Gasteiger partial charge in [-0.1, -0.05) is 39.8 Å². The predicted molar refractivity (Wildman–Crippen MR) is 158 cm³/mol. The Hall–Kier alpha value is -2.89. The van der Waals surface area contributed by atoms with Crippen molar-refractivity contribution in [2.24, 2.45) is 34.1 Å². The molecule has 2 aromatic carbocycles. The molecule has 2 N–H and O–H groups in total. The van der Waals surface area contributed by atoms with E-state index in [9.17, 15) is 9.18 Å². The van der Waals surface area contributed by atoms with Crippen LogP contribution in [0.25, 0.3) is 0 Å².